The monoisotopic (exact) mass is 416 g/mol. The number of amides is 1. The molecule has 3 heterocycles. The van der Waals surface area contributed by atoms with Crippen LogP contribution in [0.3, 0.4) is 0 Å². The summed E-state index contributed by atoms with van der Waals surface area (Å²) in [6.45, 7) is 1.73. The van der Waals surface area contributed by atoms with Gasteiger partial charge in [-0.3, -0.25) is 4.79 Å². The maximum atomic E-state index is 13.3. The van der Waals surface area contributed by atoms with Crippen molar-refractivity contribution in [3.05, 3.63) is 77.4 Å². The smallest absolute Gasteiger partial charge is 0.256 e. The molecule has 1 atom stereocenters. The van der Waals surface area contributed by atoms with Crippen LogP contribution in [0.25, 0.3) is 0 Å². The van der Waals surface area contributed by atoms with Crippen LogP contribution in [0.5, 0.6) is 23.0 Å². The van der Waals surface area contributed by atoms with Crippen LogP contribution >= 0.6 is 0 Å². The zero-order chi connectivity index (χ0) is 20.8. The number of hydrogen-bond acceptors (Lipinski definition) is 6. The lowest BCUT2D eigenvalue weighted by molar-refractivity contribution is 0.0728. The molecule has 0 aromatic heterocycles. The van der Waals surface area contributed by atoms with Crippen LogP contribution in [-0.4, -0.2) is 30.8 Å². The van der Waals surface area contributed by atoms with Crippen molar-refractivity contribution in [1.29, 1.82) is 0 Å². The minimum atomic E-state index is -0.309. The van der Waals surface area contributed by atoms with E-state index in [0.29, 0.717) is 36.8 Å². The van der Waals surface area contributed by atoms with Crippen molar-refractivity contribution < 1.29 is 23.7 Å². The van der Waals surface area contributed by atoms with Crippen LogP contribution in [0.2, 0.25) is 0 Å². The summed E-state index contributed by atoms with van der Waals surface area (Å²) in [6, 6.07) is 19.2. The molecular weight excluding hydrogens is 396 g/mol. The number of benzene rings is 3. The van der Waals surface area contributed by atoms with E-state index in [1.165, 1.54) is 0 Å². The minimum absolute atomic E-state index is 0.0108. The first-order chi connectivity index (χ1) is 15.3. The Kier molecular flexibility index (Phi) is 4.12. The summed E-state index contributed by atoms with van der Waals surface area (Å²) in [7, 11) is 0. The predicted molar refractivity (Wildman–Crippen MR) is 113 cm³/mol. The highest BCUT2D eigenvalue weighted by molar-refractivity contribution is 5.99. The molecule has 1 amide bonds. The Morgan fingerprint density at radius 3 is 2.52 bits per heavy atom. The van der Waals surface area contributed by atoms with Gasteiger partial charge in [-0.15, -0.1) is 0 Å². The van der Waals surface area contributed by atoms with Crippen molar-refractivity contribution in [2.45, 2.75) is 12.7 Å². The molecular formula is C24H20N2O5. The Labute approximate surface area is 179 Å². The Balaban J connectivity index is 1.32. The molecule has 0 fully saturated rings. The average molecular weight is 416 g/mol. The molecule has 3 aromatic carbocycles. The molecule has 1 N–H and O–H groups in total. The maximum Gasteiger partial charge on any atom is 0.256 e. The fraction of sp³-hybridized carbons (Fsp3) is 0.208. The van der Waals surface area contributed by atoms with Crippen LogP contribution in [0.15, 0.2) is 60.7 Å². The highest BCUT2D eigenvalue weighted by Crippen LogP contribution is 2.39. The van der Waals surface area contributed by atoms with E-state index < -0.39 is 0 Å². The topological polar surface area (TPSA) is 69.3 Å². The van der Waals surface area contributed by atoms with Crippen molar-refractivity contribution in [1.82, 2.24) is 4.90 Å². The van der Waals surface area contributed by atoms with Crippen LogP contribution in [0, 0.1) is 0 Å². The second-order valence-electron chi connectivity index (χ2n) is 7.61. The second kappa shape index (κ2) is 7.12. The third-order valence-corrected chi connectivity index (χ3v) is 5.69. The zero-order valence-electron chi connectivity index (χ0n) is 16.7. The molecule has 6 rings (SSSR count). The standard InChI is InChI=1S/C24H20N2O5/c27-24-18-4-2-1-3-17(18)23(25-16-6-8-19-22(12-16)29-10-9-28-19)26(24)13-15-5-7-20-21(11-15)31-14-30-20/h1-8,11-12,23,25H,9-10,13-14H2. The van der Waals surface area contributed by atoms with E-state index in [1.54, 1.807) is 0 Å². The van der Waals surface area contributed by atoms with E-state index in [9.17, 15) is 4.79 Å². The molecule has 0 radical (unpaired) electrons. The van der Waals surface area contributed by atoms with Gasteiger partial charge in [0, 0.05) is 29.4 Å². The molecule has 1 unspecified atom stereocenters. The first-order valence-corrected chi connectivity index (χ1v) is 10.2. The van der Waals surface area contributed by atoms with Gasteiger partial charge in [0.2, 0.25) is 6.79 Å². The number of rotatable bonds is 4. The zero-order valence-corrected chi connectivity index (χ0v) is 16.7. The Morgan fingerprint density at radius 2 is 1.58 bits per heavy atom. The second-order valence-corrected chi connectivity index (χ2v) is 7.61. The van der Waals surface area contributed by atoms with Crippen LogP contribution < -0.4 is 24.3 Å². The Bertz CT molecular complexity index is 1180. The highest BCUT2D eigenvalue weighted by atomic mass is 16.7. The first-order valence-electron chi connectivity index (χ1n) is 10.2. The maximum absolute atomic E-state index is 13.3. The summed E-state index contributed by atoms with van der Waals surface area (Å²) in [4.78, 5) is 15.1. The van der Waals surface area contributed by atoms with E-state index in [-0.39, 0.29) is 18.9 Å². The average Bonchev–Trinajstić information content (AvgIpc) is 3.38. The molecule has 0 aliphatic carbocycles. The van der Waals surface area contributed by atoms with Gasteiger partial charge in [-0.05, 0) is 35.9 Å². The van der Waals surface area contributed by atoms with E-state index in [0.717, 1.165) is 28.3 Å². The molecule has 7 heteroatoms. The Morgan fingerprint density at radius 1 is 0.839 bits per heavy atom. The lowest BCUT2D eigenvalue weighted by Gasteiger charge is -2.28. The minimum Gasteiger partial charge on any atom is -0.486 e. The SMILES string of the molecule is O=C1c2ccccc2C(Nc2ccc3c(c2)OCCO3)N1Cc1ccc2c(c1)OCO2. The van der Waals surface area contributed by atoms with E-state index in [2.05, 4.69) is 5.32 Å². The van der Waals surface area contributed by atoms with Crippen molar-refractivity contribution in [3.63, 3.8) is 0 Å². The summed E-state index contributed by atoms with van der Waals surface area (Å²) < 4.78 is 22.2. The third kappa shape index (κ3) is 3.09. The van der Waals surface area contributed by atoms with Crippen molar-refractivity contribution in [2.75, 3.05) is 25.3 Å². The van der Waals surface area contributed by atoms with Crippen molar-refractivity contribution in [3.8, 4) is 23.0 Å². The largest absolute Gasteiger partial charge is 0.486 e. The normalized spacial score (nSPS) is 18.1. The Hall–Kier alpha value is -3.87. The molecule has 3 aliphatic heterocycles. The van der Waals surface area contributed by atoms with Gasteiger partial charge in [-0.25, -0.2) is 0 Å². The van der Waals surface area contributed by atoms with E-state index >= 15 is 0 Å². The summed E-state index contributed by atoms with van der Waals surface area (Å²) in [5.41, 5.74) is 3.48. The van der Waals surface area contributed by atoms with Crippen molar-refractivity contribution >= 4 is 11.6 Å². The molecule has 3 aliphatic rings. The van der Waals surface area contributed by atoms with Gasteiger partial charge in [0.05, 0.1) is 0 Å². The molecule has 3 aromatic rings. The van der Waals surface area contributed by atoms with E-state index in [4.69, 9.17) is 18.9 Å². The number of ether oxygens (including phenoxy) is 4. The quantitative estimate of drug-likeness (QED) is 0.695. The first kappa shape index (κ1) is 17.9. The van der Waals surface area contributed by atoms with Crippen LogP contribution in [0.1, 0.15) is 27.7 Å². The number of hydrogen-bond donors (Lipinski definition) is 1. The summed E-state index contributed by atoms with van der Waals surface area (Å²) in [5, 5.41) is 3.51. The number of carbonyl (C=O) groups is 1. The fourth-order valence-corrected chi connectivity index (χ4v) is 4.22. The number of carbonyl (C=O) groups excluding carboxylic acids is 1. The summed E-state index contributed by atoms with van der Waals surface area (Å²) in [6.07, 6.45) is -0.309. The fourth-order valence-electron chi connectivity index (χ4n) is 4.22. The molecule has 7 nitrogen and oxygen atoms in total. The molecule has 0 saturated carbocycles. The summed E-state index contributed by atoms with van der Waals surface area (Å²) >= 11 is 0. The third-order valence-electron chi connectivity index (χ3n) is 5.69. The molecule has 0 spiro atoms. The number of anilines is 1. The van der Waals surface area contributed by atoms with Gasteiger partial charge in [-0.2, -0.15) is 0 Å². The molecule has 31 heavy (non-hydrogen) atoms. The molecule has 156 valence electrons. The predicted octanol–water partition coefficient (Wildman–Crippen LogP) is 3.95. The van der Waals surface area contributed by atoms with Crippen molar-refractivity contribution in [2.24, 2.45) is 0 Å². The van der Waals surface area contributed by atoms with Gasteiger partial charge in [0.1, 0.15) is 19.4 Å². The van der Waals surface area contributed by atoms with Gasteiger partial charge < -0.3 is 29.2 Å². The van der Waals surface area contributed by atoms with Crippen LogP contribution in [0.4, 0.5) is 5.69 Å². The van der Waals surface area contributed by atoms with E-state index in [1.807, 2.05) is 65.6 Å². The molecule has 0 saturated heterocycles. The van der Waals surface area contributed by atoms with Gasteiger partial charge >= 0.3 is 0 Å². The van der Waals surface area contributed by atoms with Gasteiger partial charge in [0.15, 0.2) is 23.0 Å². The van der Waals surface area contributed by atoms with Gasteiger partial charge in [-0.1, -0.05) is 24.3 Å². The van der Waals surface area contributed by atoms with Gasteiger partial charge in [0.25, 0.3) is 5.91 Å². The molecule has 0 bridgehead atoms. The number of nitrogens with one attached hydrogen (secondary N) is 1. The lowest BCUT2D eigenvalue weighted by atomic mass is 10.1. The number of fused-ring (bicyclic) bond motifs is 3. The number of nitrogens with zero attached hydrogens (tertiary/aromatic N) is 1. The van der Waals surface area contributed by atoms with Crippen LogP contribution in [-0.2, 0) is 6.54 Å². The summed E-state index contributed by atoms with van der Waals surface area (Å²) in [5.74, 6) is 2.86. The lowest BCUT2D eigenvalue weighted by Crippen LogP contribution is -2.31. The highest BCUT2D eigenvalue weighted by Gasteiger charge is 2.36.